The van der Waals surface area contributed by atoms with Gasteiger partial charge in [-0.3, -0.25) is 0 Å². The number of hydrogen-bond donors (Lipinski definition) is 4. The Morgan fingerprint density at radius 3 is 2.36 bits per heavy atom. The number of nitrogens with one attached hydrogen (secondary N) is 3. The topological polar surface area (TPSA) is 119 Å². The quantitative estimate of drug-likeness (QED) is 0.372. The summed E-state index contributed by atoms with van der Waals surface area (Å²) >= 11 is 0. The van der Waals surface area contributed by atoms with E-state index in [2.05, 4.69) is 51.7 Å². The van der Waals surface area contributed by atoms with Crippen LogP contribution in [0.1, 0.15) is 46.5 Å². The predicted molar refractivity (Wildman–Crippen MR) is 113 cm³/mol. The third kappa shape index (κ3) is 8.53. The summed E-state index contributed by atoms with van der Waals surface area (Å²) in [6.45, 7) is 9.77. The first-order valence-electron chi connectivity index (χ1n) is 10.5. The Hall–Kier alpha value is -1.71. The van der Waals surface area contributed by atoms with Crippen LogP contribution in [0, 0.1) is 5.92 Å². The van der Waals surface area contributed by atoms with Gasteiger partial charge in [0, 0.05) is 25.2 Å². The fraction of sp³-hybridized carbons (Fsp3) is 0.842. The van der Waals surface area contributed by atoms with E-state index in [-0.39, 0.29) is 6.04 Å². The molecule has 160 valence electrons. The number of rotatable bonds is 13. The van der Waals surface area contributed by atoms with Crippen molar-refractivity contribution in [1.82, 2.24) is 15.0 Å². The summed E-state index contributed by atoms with van der Waals surface area (Å²) in [6, 6.07) is 0.654. The summed E-state index contributed by atoms with van der Waals surface area (Å²) in [5.74, 6) is 2.37. The zero-order chi connectivity index (χ0) is 20.2. The van der Waals surface area contributed by atoms with Gasteiger partial charge in [0.2, 0.25) is 17.8 Å². The molecular formula is C19H37N7O2. The smallest absolute Gasteiger partial charge is 0.229 e. The highest BCUT2D eigenvalue weighted by atomic mass is 16.5. The van der Waals surface area contributed by atoms with Crippen molar-refractivity contribution in [2.24, 2.45) is 11.7 Å². The molecule has 1 aromatic heterocycles. The summed E-state index contributed by atoms with van der Waals surface area (Å²) in [6.07, 6.45) is 4.96. The summed E-state index contributed by atoms with van der Waals surface area (Å²) < 4.78 is 10.8. The van der Waals surface area contributed by atoms with E-state index in [0.29, 0.717) is 69.3 Å². The van der Waals surface area contributed by atoms with Gasteiger partial charge in [0.15, 0.2) is 0 Å². The van der Waals surface area contributed by atoms with Crippen LogP contribution in [-0.2, 0) is 9.47 Å². The molecule has 9 heteroatoms. The number of anilines is 3. The van der Waals surface area contributed by atoms with Crippen LogP contribution in [0.4, 0.5) is 17.8 Å². The number of hydrogen-bond acceptors (Lipinski definition) is 9. The normalized spacial score (nSPS) is 19.6. The molecule has 9 nitrogen and oxygen atoms in total. The average molecular weight is 396 g/mol. The van der Waals surface area contributed by atoms with Gasteiger partial charge in [-0.25, -0.2) is 0 Å². The predicted octanol–water partition coefficient (Wildman–Crippen LogP) is 2.09. The standard InChI is InChI=1S/C19H37N7O2/c1-14(2)22-18-24-17(21-9-11-28-13-12-27-10-8-20)25-19(26-18)23-16-7-5-4-6-15(16)3/h14-16H,4-13,20H2,1-3H3,(H3,21,22,23,24,25,26). The monoisotopic (exact) mass is 395 g/mol. The van der Waals surface area contributed by atoms with Crippen molar-refractivity contribution >= 4 is 17.8 Å². The molecule has 0 radical (unpaired) electrons. The van der Waals surface area contributed by atoms with Gasteiger partial charge in [-0.05, 0) is 32.6 Å². The Labute approximate surface area is 168 Å². The van der Waals surface area contributed by atoms with Gasteiger partial charge in [-0.1, -0.05) is 19.8 Å². The maximum absolute atomic E-state index is 5.53. The van der Waals surface area contributed by atoms with E-state index in [1.807, 2.05) is 0 Å². The van der Waals surface area contributed by atoms with E-state index < -0.39 is 0 Å². The van der Waals surface area contributed by atoms with Crippen LogP contribution in [0.5, 0.6) is 0 Å². The first kappa shape index (κ1) is 22.6. The fourth-order valence-corrected chi connectivity index (χ4v) is 3.18. The van der Waals surface area contributed by atoms with Crippen LogP contribution < -0.4 is 21.7 Å². The molecule has 0 aliphatic heterocycles. The Kier molecular flexibility index (Phi) is 10.2. The summed E-state index contributed by atoms with van der Waals surface area (Å²) in [5.41, 5.74) is 5.37. The van der Waals surface area contributed by atoms with Crippen molar-refractivity contribution in [3.05, 3.63) is 0 Å². The molecule has 2 unspecified atom stereocenters. The van der Waals surface area contributed by atoms with Crippen LogP contribution in [0.15, 0.2) is 0 Å². The Bertz CT molecular complexity index is 559. The van der Waals surface area contributed by atoms with Gasteiger partial charge in [0.1, 0.15) is 0 Å². The molecule has 1 aliphatic rings. The largest absolute Gasteiger partial charge is 0.378 e. The molecular weight excluding hydrogens is 358 g/mol. The van der Waals surface area contributed by atoms with E-state index in [9.17, 15) is 0 Å². The Morgan fingerprint density at radius 2 is 1.64 bits per heavy atom. The molecule has 2 atom stereocenters. The maximum atomic E-state index is 5.53. The van der Waals surface area contributed by atoms with Crippen LogP contribution in [0.3, 0.4) is 0 Å². The average Bonchev–Trinajstić information content (AvgIpc) is 2.65. The number of ether oxygens (including phenoxy) is 2. The van der Waals surface area contributed by atoms with E-state index >= 15 is 0 Å². The van der Waals surface area contributed by atoms with Gasteiger partial charge < -0.3 is 31.2 Å². The SMILES string of the molecule is CC(C)Nc1nc(NCCOCCOCCN)nc(NC2CCCCC2C)n1. The second kappa shape index (κ2) is 12.7. The Morgan fingerprint density at radius 1 is 0.964 bits per heavy atom. The summed E-state index contributed by atoms with van der Waals surface area (Å²) in [4.78, 5) is 13.6. The highest BCUT2D eigenvalue weighted by Gasteiger charge is 2.22. The van der Waals surface area contributed by atoms with E-state index in [0.717, 1.165) is 6.42 Å². The Balaban J connectivity index is 1.87. The van der Waals surface area contributed by atoms with Gasteiger partial charge in [0.05, 0.1) is 26.4 Å². The highest BCUT2D eigenvalue weighted by molar-refractivity contribution is 5.43. The lowest BCUT2D eigenvalue weighted by molar-refractivity contribution is 0.0547. The second-order valence-corrected chi connectivity index (χ2v) is 7.56. The van der Waals surface area contributed by atoms with Crippen LogP contribution >= 0.6 is 0 Å². The van der Waals surface area contributed by atoms with E-state index in [1.54, 1.807) is 0 Å². The van der Waals surface area contributed by atoms with E-state index in [4.69, 9.17) is 15.2 Å². The summed E-state index contributed by atoms with van der Waals surface area (Å²) in [7, 11) is 0. The van der Waals surface area contributed by atoms with Crippen molar-refractivity contribution in [2.75, 3.05) is 55.5 Å². The molecule has 5 N–H and O–H groups in total. The molecule has 1 aromatic rings. The van der Waals surface area contributed by atoms with Gasteiger partial charge in [-0.2, -0.15) is 15.0 Å². The van der Waals surface area contributed by atoms with Gasteiger partial charge in [-0.15, -0.1) is 0 Å². The second-order valence-electron chi connectivity index (χ2n) is 7.56. The van der Waals surface area contributed by atoms with Crippen molar-refractivity contribution in [2.45, 2.75) is 58.5 Å². The lowest BCUT2D eigenvalue weighted by atomic mass is 9.86. The van der Waals surface area contributed by atoms with Crippen LogP contribution in [-0.4, -0.2) is 66.6 Å². The maximum Gasteiger partial charge on any atom is 0.229 e. The van der Waals surface area contributed by atoms with Crippen molar-refractivity contribution in [3.63, 3.8) is 0 Å². The molecule has 2 rings (SSSR count). The van der Waals surface area contributed by atoms with Gasteiger partial charge >= 0.3 is 0 Å². The summed E-state index contributed by atoms with van der Waals surface area (Å²) in [5, 5.41) is 10.00. The first-order valence-corrected chi connectivity index (χ1v) is 10.5. The van der Waals surface area contributed by atoms with Crippen LogP contribution in [0.2, 0.25) is 0 Å². The molecule has 0 spiro atoms. The lowest BCUT2D eigenvalue weighted by Gasteiger charge is -2.29. The molecule has 0 bridgehead atoms. The molecule has 1 aliphatic carbocycles. The minimum absolute atomic E-state index is 0.244. The third-order valence-electron chi connectivity index (χ3n) is 4.64. The zero-order valence-electron chi connectivity index (χ0n) is 17.5. The highest BCUT2D eigenvalue weighted by Crippen LogP contribution is 2.26. The third-order valence-corrected chi connectivity index (χ3v) is 4.64. The zero-order valence-corrected chi connectivity index (χ0v) is 17.5. The minimum Gasteiger partial charge on any atom is -0.378 e. The molecule has 0 amide bonds. The first-order chi connectivity index (χ1) is 13.6. The fourth-order valence-electron chi connectivity index (χ4n) is 3.18. The van der Waals surface area contributed by atoms with E-state index in [1.165, 1.54) is 19.3 Å². The molecule has 1 saturated carbocycles. The molecule has 0 saturated heterocycles. The number of aromatic nitrogens is 3. The molecule has 0 aromatic carbocycles. The van der Waals surface area contributed by atoms with Crippen molar-refractivity contribution < 1.29 is 9.47 Å². The minimum atomic E-state index is 0.244. The molecule has 1 heterocycles. The van der Waals surface area contributed by atoms with Crippen molar-refractivity contribution in [1.29, 1.82) is 0 Å². The molecule has 28 heavy (non-hydrogen) atoms. The molecule has 1 fully saturated rings. The lowest BCUT2D eigenvalue weighted by Crippen LogP contribution is -2.31. The van der Waals surface area contributed by atoms with Crippen LogP contribution in [0.25, 0.3) is 0 Å². The number of nitrogens with two attached hydrogens (primary N) is 1. The van der Waals surface area contributed by atoms with Crippen molar-refractivity contribution in [3.8, 4) is 0 Å². The number of nitrogens with zero attached hydrogens (tertiary/aromatic N) is 3. The van der Waals surface area contributed by atoms with Gasteiger partial charge in [0.25, 0.3) is 0 Å².